The van der Waals surface area contributed by atoms with Crippen molar-refractivity contribution in [3.05, 3.63) is 0 Å². The number of carbonyl (C=O) groups excluding carboxylic acids is 2. The van der Waals surface area contributed by atoms with E-state index in [2.05, 4.69) is 0 Å². The fourth-order valence-corrected chi connectivity index (χ4v) is 2.02. The third-order valence-electron chi connectivity index (χ3n) is 3.08. The van der Waals surface area contributed by atoms with Crippen LogP contribution >= 0.6 is 0 Å². The molecule has 4 N–H and O–H groups in total. The standard InChI is InChI=1S/C8H12N2O2/c9-7-1-2-8(10,4-5(7)11)6(12)3-7/h1-4,9-10H2. The Balaban J connectivity index is 2.40. The summed E-state index contributed by atoms with van der Waals surface area (Å²) in [5.41, 5.74) is 9.77. The summed E-state index contributed by atoms with van der Waals surface area (Å²) in [6, 6.07) is 0. The van der Waals surface area contributed by atoms with Crippen LogP contribution in [0.2, 0.25) is 0 Å². The fourth-order valence-electron chi connectivity index (χ4n) is 2.02. The second-order valence-corrected chi connectivity index (χ2v) is 4.01. The second kappa shape index (κ2) is 1.95. The quantitative estimate of drug-likeness (QED) is 0.491. The van der Waals surface area contributed by atoms with Gasteiger partial charge >= 0.3 is 0 Å². The van der Waals surface area contributed by atoms with Crippen molar-refractivity contribution in [1.29, 1.82) is 0 Å². The van der Waals surface area contributed by atoms with Crippen LogP contribution in [0.3, 0.4) is 0 Å². The minimum atomic E-state index is -0.877. The van der Waals surface area contributed by atoms with Gasteiger partial charge in [-0.1, -0.05) is 0 Å². The first-order valence-electron chi connectivity index (χ1n) is 4.11. The van der Waals surface area contributed by atoms with E-state index in [0.717, 1.165) is 0 Å². The highest BCUT2D eigenvalue weighted by atomic mass is 16.1. The normalized spacial score (nSPS) is 46.8. The Bertz CT molecular complexity index is 248. The lowest BCUT2D eigenvalue weighted by molar-refractivity contribution is -0.144. The summed E-state index contributed by atoms with van der Waals surface area (Å²) in [5, 5.41) is 0. The molecule has 0 aromatic carbocycles. The highest BCUT2D eigenvalue weighted by Crippen LogP contribution is 2.39. The van der Waals surface area contributed by atoms with Crippen LogP contribution in [0.15, 0.2) is 0 Å². The highest BCUT2D eigenvalue weighted by molar-refractivity contribution is 6.06. The number of fused-ring (bicyclic) bond motifs is 3. The molecule has 0 spiro atoms. The lowest BCUT2D eigenvalue weighted by Gasteiger charge is -2.46. The van der Waals surface area contributed by atoms with Gasteiger partial charge in [0.15, 0.2) is 11.6 Å². The molecule has 3 aliphatic carbocycles. The Morgan fingerprint density at radius 1 is 0.917 bits per heavy atom. The van der Waals surface area contributed by atoms with Crippen LogP contribution in [0.25, 0.3) is 0 Å². The van der Waals surface area contributed by atoms with Crippen LogP contribution in [0.5, 0.6) is 0 Å². The molecule has 4 nitrogen and oxygen atoms in total. The van der Waals surface area contributed by atoms with Gasteiger partial charge in [0, 0.05) is 12.8 Å². The molecule has 3 aliphatic rings. The minimum absolute atomic E-state index is 0.0455. The van der Waals surface area contributed by atoms with Crippen LogP contribution in [0.1, 0.15) is 25.7 Å². The van der Waals surface area contributed by atoms with Crippen molar-refractivity contribution in [1.82, 2.24) is 0 Å². The number of carbonyl (C=O) groups is 2. The number of nitrogens with two attached hydrogens (primary N) is 2. The van der Waals surface area contributed by atoms with Crippen LogP contribution in [-0.4, -0.2) is 22.6 Å². The van der Waals surface area contributed by atoms with Gasteiger partial charge in [0.05, 0.1) is 11.1 Å². The number of hydrogen-bond acceptors (Lipinski definition) is 4. The molecular formula is C8H12N2O2. The number of Topliss-reactive ketones (excluding diaryl/α,β-unsaturated/α-hetero) is 2. The van der Waals surface area contributed by atoms with Crippen LogP contribution < -0.4 is 11.5 Å². The van der Waals surface area contributed by atoms with E-state index in [1.165, 1.54) is 0 Å². The molecule has 0 aromatic rings. The number of ketones is 2. The van der Waals surface area contributed by atoms with E-state index in [1.807, 2.05) is 0 Å². The molecule has 2 unspecified atom stereocenters. The van der Waals surface area contributed by atoms with Crippen molar-refractivity contribution in [3.63, 3.8) is 0 Å². The summed E-state index contributed by atoms with van der Waals surface area (Å²) >= 11 is 0. The third kappa shape index (κ3) is 0.791. The first kappa shape index (κ1) is 7.89. The van der Waals surface area contributed by atoms with Crippen LogP contribution in [-0.2, 0) is 9.59 Å². The van der Waals surface area contributed by atoms with E-state index < -0.39 is 11.1 Å². The van der Waals surface area contributed by atoms with Crippen molar-refractivity contribution >= 4 is 11.6 Å². The molecule has 3 saturated carbocycles. The SMILES string of the molecule is NC12CCC(N)(CC1=O)C(=O)C2. The average molecular weight is 168 g/mol. The van der Waals surface area contributed by atoms with Gasteiger partial charge in [0.1, 0.15) is 0 Å². The smallest absolute Gasteiger partial charge is 0.155 e. The van der Waals surface area contributed by atoms with E-state index >= 15 is 0 Å². The Morgan fingerprint density at radius 3 is 1.50 bits per heavy atom. The topological polar surface area (TPSA) is 86.2 Å². The van der Waals surface area contributed by atoms with Gasteiger partial charge in [-0.05, 0) is 12.8 Å². The van der Waals surface area contributed by atoms with Crippen molar-refractivity contribution in [2.24, 2.45) is 11.5 Å². The monoisotopic (exact) mass is 168 g/mol. The summed E-state index contributed by atoms with van der Waals surface area (Å²) in [6.45, 7) is 0. The maximum absolute atomic E-state index is 11.4. The lowest BCUT2D eigenvalue weighted by Crippen LogP contribution is -2.69. The molecule has 0 heterocycles. The Kier molecular flexibility index (Phi) is 1.28. The number of hydrogen-bond donors (Lipinski definition) is 2. The maximum atomic E-state index is 11.4. The molecule has 4 heteroatoms. The fraction of sp³-hybridized carbons (Fsp3) is 0.750. The predicted molar refractivity (Wildman–Crippen MR) is 42.3 cm³/mol. The largest absolute Gasteiger partial charge is 0.319 e. The van der Waals surface area contributed by atoms with E-state index in [-0.39, 0.29) is 24.4 Å². The Morgan fingerprint density at radius 2 is 1.25 bits per heavy atom. The molecule has 3 rings (SSSR count). The van der Waals surface area contributed by atoms with Crippen molar-refractivity contribution in [3.8, 4) is 0 Å². The van der Waals surface area contributed by atoms with Gasteiger partial charge in [0.25, 0.3) is 0 Å². The Labute approximate surface area is 70.3 Å². The van der Waals surface area contributed by atoms with Crippen molar-refractivity contribution in [2.45, 2.75) is 36.8 Å². The lowest BCUT2D eigenvalue weighted by atomic mass is 9.61. The Hall–Kier alpha value is -0.740. The number of rotatable bonds is 0. The zero-order valence-electron chi connectivity index (χ0n) is 6.80. The molecule has 12 heavy (non-hydrogen) atoms. The highest BCUT2D eigenvalue weighted by Gasteiger charge is 2.55. The van der Waals surface area contributed by atoms with E-state index in [1.54, 1.807) is 0 Å². The van der Waals surface area contributed by atoms with Gasteiger partial charge in [-0.3, -0.25) is 9.59 Å². The van der Waals surface area contributed by atoms with E-state index in [4.69, 9.17) is 11.5 Å². The summed E-state index contributed by atoms with van der Waals surface area (Å²) in [5.74, 6) is -0.0910. The summed E-state index contributed by atoms with van der Waals surface area (Å²) in [7, 11) is 0. The van der Waals surface area contributed by atoms with Crippen molar-refractivity contribution < 1.29 is 9.59 Å². The second-order valence-electron chi connectivity index (χ2n) is 4.01. The molecule has 66 valence electrons. The first-order valence-corrected chi connectivity index (χ1v) is 4.11. The van der Waals surface area contributed by atoms with Gasteiger partial charge in [-0.15, -0.1) is 0 Å². The minimum Gasteiger partial charge on any atom is -0.319 e. The van der Waals surface area contributed by atoms with E-state index in [0.29, 0.717) is 12.8 Å². The van der Waals surface area contributed by atoms with E-state index in [9.17, 15) is 9.59 Å². The molecule has 2 bridgehead atoms. The zero-order chi connectivity index (χ0) is 8.98. The molecule has 3 fully saturated rings. The third-order valence-corrected chi connectivity index (χ3v) is 3.08. The van der Waals surface area contributed by atoms with Crippen LogP contribution in [0.4, 0.5) is 0 Å². The molecule has 0 aliphatic heterocycles. The molecule has 0 aromatic heterocycles. The molecule has 0 radical (unpaired) electrons. The van der Waals surface area contributed by atoms with Gasteiger partial charge in [0.2, 0.25) is 0 Å². The summed E-state index contributed by atoms with van der Waals surface area (Å²) in [6.07, 6.45) is 1.41. The molecular weight excluding hydrogens is 156 g/mol. The average Bonchev–Trinajstić information content (AvgIpc) is 1.96. The van der Waals surface area contributed by atoms with Gasteiger partial charge in [-0.2, -0.15) is 0 Å². The van der Waals surface area contributed by atoms with Crippen LogP contribution in [0, 0.1) is 0 Å². The van der Waals surface area contributed by atoms with Gasteiger partial charge in [-0.25, -0.2) is 0 Å². The first-order chi connectivity index (χ1) is 5.46. The van der Waals surface area contributed by atoms with Gasteiger partial charge < -0.3 is 11.5 Å². The summed E-state index contributed by atoms with van der Waals surface area (Å²) < 4.78 is 0. The molecule has 0 saturated heterocycles. The molecule has 0 amide bonds. The summed E-state index contributed by atoms with van der Waals surface area (Å²) in [4.78, 5) is 22.7. The van der Waals surface area contributed by atoms with Crippen molar-refractivity contribution in [2.75, 3.05) is 0 Å². The molecule has 2 atom stereocenters. The maximum Gasteiger partial charge on any atom is 0.155 e. The zero-order valence-corrected chi connectivity index (χ0v) is 6.80. The predicted octanol–water partition coefficient (Wildman–Crippen LogP) is -0.893.